The highest BCUT2D eigenvalue weighted by molar-refractivity contribution is 5.87. The van der Waals surface area contributed by atoms with Gasteiger partial charge < -0.3 is 21.5 Å². The van der Waals surface area contributed by atoms with Gasteiger partial charge in [0, 0.05) is 32.6 Å². The molecule has 7 nitrogen and oxygen atoms in total. The van der Waals surface area contributed by atoms with Gasteiger partial charge in [0.25, 0.3) is 0 Å². The highest BCUT2D eigenvalue weighted by Crippen LogP contribution is 1.90. The van der Waals surface area contributed by atoms with Crippen LogP contribution in [-0.2, 0) is 9.59 Å². The number of nitrogens with two attached hydrogens (primary N) is 1. The second-order valence-electron chi connectivity index (χ2n) is 3.63. The van der Waals surface area contributed by atoms with Gasteiger partial charge in [0.2, 0.25) is 11.8 Å². The third kappa shape index (κ3) is 8.68. The van der Waals surface area contributed by atoms with E-state index in [0.717, 1.165) is 6.08 Å². The van der Waals surface area contributed by atoms with Gasteiger partial charge in [-0.25, -0.2) is 0 Å². The Bertz CT molecular complexity index is 265. The van der Waals surface area contributed by atoms with Gasteiger partial charge in [-0.3, -0.25) is 14.5 Å². The lowest BCUT2D eigenvalue weighted by Crippen LogP contribution is -2.39. The van der Waals surface area contributed by atoms with E-state index in [1.807, 2.05) is 4.90 Å². The van der Waals surface area contributed by atoms with Crippen molar-refractivity contribution in [2.45, 2.75) is 6.42 Å². The smallest absolute Gasteiger partial charge is 0.244 e. The van der Waals surface area contributed by atoms with Crippen LogP contribution in [-0.4, -0.2) is 61.3 Å². The van der Waals surface area contributed by atoms with E-state index in [1.165, 1.54) is 0 Å². The number of nitrogens with one attached hydrogen (secondary N) is 2. The number of carbonyl (C=O) groups is 2. The Kier molecular flexibility index (Phi) is 9.84. The van der Waals surface area contributed by atoms with E-state index in [2.05, 4.69) is 17.2 Å². The number of hydrogen-bond donors (Lipinski definition) is 4. The molecular formula is C11H22N4O3. The maximum atomic E-state index is 11.4. The van der Waals surface area contributed by atoms with Crippen LogP contribution in [0.3, 0.4) is 0 Å². The monoisotopic (exact) mass is 258 g/mol. The average molecular weight is 258 g/mol. The Morgan fingerprint density at radius 1 is 1.28 bits per heavy atom. The summed E-state index contributed by atoms with van der Waals surface area (Å²) in [6, 6.07) is 0. The molecule has 0 aliphatic rings. The minimum absolute atomic E-state index is 0.0387. The van der Waals surface area contributed by atoms with Crippen LogP contribution in [0.1, 0.15) is 6.42 Å². The standard InChI is InChI=1S/C11H22N4O3/c1-2-10(17)13-9-14-11(18)3-5-15(6-4-12)7-8-16/h2,16H,1,3-9,12H2,(H,13,17)(H,14,18). The summed E-state index contributed by atoms with van der Waals surface area (Å²) in [4.78, 5) is 24.1. The van der Waals surface area contributed by atoms with Gasteiger partial charge in [-0.1, -0.05) is 6.58 Å². The van der Waals surface area contributed by atoms with E-state index in [4.69, 9.17) is 10.8 Å². The SMILES string of the molecule is C=CC(=O)NCNC(=O)CCN(CCN)CCO. The molecule has 0 saturated carbocycles. The molecule has 0 heterocycles. The molecule has 0 unspecified atom stereocenters. The van der Waals surface area contributed by atoms with Gasteiger partial charge in [0.1, 0.15) is 0 Å². The number of amides is 2. The van der Waals surface area contributed by atoms with Gasteiger partial charge in [-0.05, 0) is 6.08 Å². The van der Waals surface area contributed by atoms with Crippen molar-refractivity contribution in [1.29, 1.82) is 0 Å². The molecule has 0 aliphatic heterocycles. The zero-order chi connectivity index (χ0) is 13.8. The molecule has 0 rings (SSSR count). The zero-order valence-corrected chi connectivity index (χ0v) is 10.5. The van der Waals surface area contributed by atoms with Crippen LogP contribution in [0.4, 0.5) is 0 Å². The lowest BCUT2D eigenvalue weighted by Gasteiger charge is -2.19. The quantitative estimate of drug-likeness (QED) is 0.268. The minimum Gasteiger partial charge on any atom is -0.395 e. The molecule has 0 saturated heterocycles. The van der Waals surface area contributed by atoms with E-state index in [1.54, 1.807) is 0 Å². The van der Waals surface area contributed by atoms with Crippen LogP contribution < -0.4 is 16.4 Å². The average Bonchev–Trinajstić information content (AvgIpc) is 2.36. The fourth-order valence-corrected chi connectivity index (χ4v) is 1.31. The summed E-state index contributed by atoms with van der Waals surface area (Å²) in [6.07, 6.45) is 1.43. The minimum atomic E-state index is -0.333. The Morgan fingerprint density at radius 2 is 2.00 bits per heavy atom. The fraction of sp³-hybridized carbons (Fsp3) is 0.636. The summed E-state index contributed by atoms with van der Waals surface area (Å²) in [5.74, 6) is -0.500. The summed E-state index contributed by atoms with van der Waals surface area (Å²) in [5, 5.41) is 13.8. The number of hydrogen-bond acceptors (Lipinski definition) is 5. The predicted octanol–water partition coefficient (Wildman–Crippen LogP) is -1.99. The van der Waals surface area contributed by atoms with Crippen molar-refractivity contribution in [3.8, 4) is 0 Å². The summed E-state index contributed by atoms with van der Waals surface area (Å²) in [7, 11) is 0. The highest BCUT2D eigenvalue weighted by Gasteiger charge is 2.06. The summed E-state index contributed by atoms with van der Waals surface area (Å²) >= 11 is 0. The first-order valence-corrected chi connectivity index (χ1v) is 5.84. The largest absolute Gasteiger partial charge is 0.395 e. The molecule has 2 amide bonds. The Labute approximate surface area is 107 Å². The molecule has 0 fully saturated rings. The van der Waals surface area contributed by atoms with E-state index in [0.29, 0.717) is 32.6 Å². The number of aliphatic hydroxyl groups is 1. The molecule has 104 valence electrons. The van der Waals surface area contributed by atoms with E-state index >= 15 is 0 Å². The van der Waals surface area contributed by atoms with Crippen molar-refractivity contribution in [3.63, 3.8) is 0 Å². The molecule has 0 aliphatic carbocycles. The van der Waals surface area contributed by atoms with Gasteiger partial charge in [0.05, 0.1) is 13.3 Å². The maximum Gasteiger partial charge on any atom is 0.244 e. The number of rotatable bonds is 10. The van der Waals surface area contributed by atoms with Gasteiger partial charge in [0.15, 0.2) is 0 Å². The van der Waals surface area contributed by atoms with Gasteiger partial charge >= 0.3 is 0 Å². The first kappa shape index (κ1) is 16.6. The first-order valence-electron chi connectivity index (χ1n) is 5.84. The Hall–Kier alpha value is -1.44. The molecule has 18 heavy (non-hydrogen) atoms. The van der Waals surface area contributed by atoms with Crippen LogP contribution in [0.15, 0.2) is 12.7 Å². The third-order valence-corrected chi connectivity index (χ3v) is 2.25. The summed E-state index contributed by atoms with van der Waals surface area (Å²) in [5.41, 5.74) is 5.41. The van der Waals surface area contributed by atoms with E-state index in [9.17, 15) is 9.59 Å². The fourth-order valence-electron chi connectivity index (χ4n) is 1.31. The number of nitrogens with zero attached hydrogens (tertiary/aromatic N) is 1. The molecule has 0 bridgehead atoms. The van der Waals surface area contributed by atoms with Gasteiger partial charge in [-0.2, -0.15) is 0 Å². The first-order chi connectivity index (χ1) is 8.63. The van der Waals surface area contributed by atoms with Crippen molar-refractivity contribution in [3.05, 3.63) is 12.7 Å². The highest BCUT2D eigenvalue weighted by atomic mass is 16.3. The van der Waals surface area contributed by atoms with Gasteiger partial charge in [-0.15, -0.1) is 0 Å². The van der Waals surface area contributed by atoms with Crippen LogP contribution >= 0.6 is 0 Å². The molecule has 0 atom stereocenters. The van der Waals surface area contributed by atoms with Crippen LogP contribution in [0, 0.1) is 0 Å². The summed E-state index contributed by atoms with van der Waals surface area (Å²) in [6.45, 7) is 5.56. The normalized spacial score (nSPS) is 10.2. The van der Waals surface area contributed by atoms with Crippen molar-refractivity contribution in [1.82, 2.24) is 15.5 Å². The Morgan fingerprint density at radius 3 is 2.56 bits per heavy atom. The van der Waals surface area contributed by atoms with E-state index < -0.39 is 0 Å². The molecule has 0 radical (unpaired) electrons. The zero-order valence-electron chi connectivity index (χ0n) is 10.5. The van der Waals surface area contributed by atoms with Crippen molar-refractivity contribution in [2.24, 2.45) is 5.73 Å². The molecule has 0 spiro atoms. The predicted molar refractivity (Wildman–Crippen MR) is 68.5 cm³/mol. The topological polar surface area (TPSA) is 108 Å². The van der Waals surface area contributed by atoms with Crippen molar-refractivity contribution in [2.75, 3.05) is 39.5 Å². The van der Waals surface area contributed by atoms with Crippen LogP contribution in [0.2, 0.25) is 0 Å². The second-order valence-corrected chi connectivity index (χ2v) is 3.63. The molecule has 7 heteroatoms. The van der Waals surface area contributed by atoms with Crippen molar-refractivity contribution >= 4 is 11.8 Å². The third-order valence-electron chi connectivity index (χ3n) is 2.25. The molecular weight excluding hydrogens is 236 g/mol. The van der Waals surface area contributed by atoms with Crippen molar-refractivity contribution < 1.29 is 14.7 Å². The lowest BCUT2D eigenvalue weighted by atomic mass is 10.3. The molecule has 0 aromatic heterocycles. The van der Waals surface area contributed by atoms with Crippen LogP contribution in [0.25, 0.3) is 0 Å². The molecule has 0 aromatic rings. The van der Waals surface area contributed by atoms with E-state index in [-0.39, 0.29) is 25.1 Å². The van der Waals surface area contributed by atoms with Crippen LogP contribution in [0.5, 0.6) is 0 Å². The Balaban J connectivity index is 3.72. The summed E-state index contributed by atoms with van der Waals surface area (Å²) < 4.78 is 0. The maximum absolute atomic E-state index is 11.4. The molecule has 5 N–H and O–H groups in total. The molecule has 0 aromatic carbocycles. The number of carbonyl (C=O) groups excluding carboxylic acids is 2. The number of aliphatic hydroxyl groups excluding tert-OH is 1. The lowest BCUT2D eigenvalue weighted by molar-refractivity contribution is -0.122. The second kappa shape index (κ2) is 10.7.